The van der Waals surface area contributed by atoms with Crippen molar-refractivity contribution < 1.29 is 0 Å². The zero-order valence-electron chi connectivity index (χ0n) is 10.3. The van der Waals surface area contributed by atoms with Gasteiger partial charge in [0.25, 0.3) is 0 Å². The van der Waals surface area contributed by atoms with Crippen LogP contribution in [0.5, 0.6) is 0 Å². The van der Waals surface area contributed by atoms with Gasteiger partial charge in [0.2, 0.25) is 0 Å². The summed E-state index contributed by atoms with van der Waals surface area (Å²) in [7, 11) is 0. The van der Waals surface area contributed by atoms with Gasteiger partial charge in [-0.3, -0.25) is 0 Å². The van der Waals surface area contributed by atoms with Crippen LogP contribution in [0.1, 0.15) is 0 Å². The SMILES string of the molecule is Clc1ccc(-n2cnnn2)cc1.Nc1ccc(Cl)cc1. The van der Waals surface area contributed by atoms with Gasteiger partial charge in [-0.05, 0) is 59.0 Å². The molecule has 2 N–H and O–H groups in total. The third-order valence-electron chi connectivity index (χ3n) is 2.31. The summed E-state index contributed by atoms with van der Waals surface area (Å²) in [5.41, 5.74) is 7.01. The van der Waals surface area contributed by atoms with E-state index in [0.29, 0.717) is 5.02 Å². The molecule has 0 saturated heterocycles. The van der Waals surface area contributed by atoms with Crippen LogP contribution in [0.3, 0.4) is 0 Å². The van der Waals surface area contributed by atoms with Crippen LogP contribution in [0.15, 0.2) is 54.9 Å². The van der Waals surface area contributed by atoms with Crippen LogP contribution in [0.4, 0.5) is 5.69 Å². The molecular formula is C13H11Cl2N5. The Morgan fingerprint density at radius 3 is 1.85 bits per heavy atom. The molecular weight excluding hydrogens is 297 g/mol. The molecule has 1 heterocycles. The van der Waals surface area contributed by atoms with Crippen molar-refractivity contribution in [3.8, 4) is 5.69 Å². The lowest BCUT2D eigenvalue weighted by molar-refractivity contribution is 0.789. The number of aromatic nitrogens is 4. The molecule has 0 aliphatic rings. The quantitative estimate of drug-likeness (QED) is 0.701. The summed E-state index contributed by atoms with van der Waals surface area (Å²) < 4.78 is 1.57. The largest absolute Gasteiger partial charge is 0.399 e. The Morgan fingerprint density at radius 2 is 1.40 bits per heavy atom. The molecule has 3 aromatic rings. The summed E-state index contributed by atoms with van der Waals surface area (Å²) in [6.45, 7) is 0. The Morgan fingerprint density at radius 1 is 0.850 bits per heavy atom. The maximum Gasteiger partial charge on any atom is 0.143 e. The molecule has 0 spiro atoms. The summed E-state index contributed by atoms with van der Waals surface area (Å²) in [5.74, 6) is 0. The van der Waals surface area contributed by atoms with Crippen LogP contribution in [0, 0.1) is 0 Å². The first-order valence-electron chi connectivity index (χ1n) is 5.65. The van der Waals surface area contributed by atoms with Crippen molar-refractivity contribution in [1.29, 1.82) is 0 Å². The summed E-state index contributed by atoms with van der Waals surface area (Å²) in [5, 5.41) is 12.2. The van der Waals surface area contributed by atoms with E-state index < -0.39 is 0 Å². The van der Waals surface area contributed by atoms with Crippen molar-refractivity contribution in [1.82, 2.24) is 20.2 Å². The van der Waals surface area contributed by atoms with Crippen molar-refractivity contribution in [3.63, 3.8) is 0 Å². The number of anilines is 1. The van der Waals surface area contributed by atoms with Crippen LogP contribution in [0.2, 0.25) is 10.0 Å². The second kappa shape index (κ2) is 6.88. The van der Waals surface area contributed by atoms with Crippen LogP contribution in [-0.4, -0.2) is 20.2 Å². The van der Waals surface area contributed by atoms with Gasteiger partial charge < -0.3 is 5.73 Å². The van der Waals surface area contributed by atoms with Gasteiger partial charge in [0, 0.05) is 15.7 Å². The number of nitrogen functional groups attached to an aromatic ring is 1. The van der Waals surface area contributed by atoms with Gasteiger partial charge >= 0.3 is 0 Å². The van der Waals surface area contributed by atoms with Gasteiger partial charge in [0.05, 0.1) is 5.69 Å². The highest BCUT2D eigenvalue weighted by molar-refractivity contribution is 6.30. The first-order chi connectivity index (χ1) is 9.65. The molecule has 0 saturated carbocycles. The van der Waals surface area contributed by atoms with Crippen molar-refractivity contribution >= 4 is 28.9 Å². The monoisotopic (exact) mass is 307 g/mol. The number of benzene rings is 2. The summed E-state index contributed by atoms with van der Waals surface area (Å²) in [6.07, 6.45) is 1.53. The normalized spacial score (nSPS) is 9.70. The second-order valence-electron chi connectivity index (χ2n) is 3.78. The summed E-state index contributed by atoms with van der Waals surface area (Å²) >= 11 is 11.3. The van der Waals surface area contributed by atoms with E-state index in [0.717, 1.165) is 16.4 Å². The summed E-state index contributed by atoms with van der Waals surface area (Å²) in [4.78, 5) is 0. The minimum Gasteiger partial charge on any atom is -0.399 e. The lowest BCUT2D eigenvalue weighted by Gasteiger charge is -1.96. The molecule has 0 fully saturated rings. The zero-order chi connectivity index (χ0) is 14.4. The fourth-order valence-corrected chi connectivity index (χ4v) is 1.59. The number of nitrogens with two attached hydrogens (primary N) is 1. The van der Waals surface area contributed by atoms with Gasteiger partial charge in [-0.15, -0.1) is 5.10 Å². The number of hydrogen-bond donors (Lipinski definition) is 1. The van der Waals surface area contributed by atoms with E-state index in [-0.39, 0.29) is 0 Å². The molecule has 0 amide bonds. The molecule has 7 heteroatoms. The Bertz CT molecular complexity index is 615. The highest BCUT2D eigenvalue weighted by Crippen LogP contribution is 2.11. The number of nitrogens with zero attached hydrogens (tertiary/aromatic N) is 4. The number of rotatable bonds is 1. The zero-order valence-corrected chi connectivity index (χ0v) is 11.8. The highest BCUT2D eigenvalue weighted by atomic mass is 35.5. The van der Waals surface area contributed by atoms with E-state index in [9.17, 15) is 0 Å². The van der Waals surface area contributed by atoms with Crippen molar-refractivity contribution in [2.45, 2.75) is 0 Å². The Hall–Kier alpha value is -2.11. The van der Waals surface area contributed by atoms with Crippen LogP contribution >= 0.6 is 23.2 Å². The third-order valence-corrected chi connectivity index (χ3v) is 2.81. The first-order valence-corrected chi connectivity index (χ1v) is 6.41. The van der Waals surface area contributed by atoms with E-state index in [4.69, 9.17) is 28.9 Å². The second-order valence-corrected chi connectivity index (χ2v) is 4.66. The Labute approximate surface area is 125 Å². The fourth-order valence-electron chi connectivity index (χ4n) is 1.34. The molecule has 0 radical (unpaired) electrons. The summed E-state index contributed by atoms with van der Waals surface area (Å²) in [6, 6.07) is 14.3. The molecule has 5 nitrogen and oxygen atoms in total. The standard InChI is InChI=1S/C7H5ClN4.C6H6ClN/c8-6-1-3-7(4-2-6)12-5-9-10-11-12;7-5-1-3-6(8)4-2-5/h1-5H;1-4H,8H2. The Kier molecular flexibility index (Phi) is 4.92. The highest BCUT2D eigenvalue weighted by Gasteiger charge is 1.95. The molecule has 102 valence electrons. The van der Waals surface area contributed by atoms with Gasteiger partial charge in [-0.25, -0.2) is 4.68 Å². The van der Waals surface area contributed by atoms with E-state index in [1.165, 1.54) is 6.33 Å². The van der Waals surface area contributed by atoms with E-state index in [2.05, 4.69) is 15.5 Å². The minimum atomic E-state index is 0.701. The van der Waals surface area contributed by atoms with Crippen LogP contribution in [-0.2, 0) is 0 Å². The molecule has 2 aromatic carbocycles. The van der Waals surface area contributed by atoms with Gasteiger partial charge in [-0.1, -0.05) is 23.2 Å². The van der Waals surface area contributed by atoms with Crippen LogP contribution in [0.25, 0.3) is 5.69 Å². The maximum absolute atomic E-state index is 5.71. The predicted molar refractivity (Wildman–Crippen MR) is 80.0 cm³/mol. The molecule has 0 atom stereocenters. The number of tetrazole rings is 1. The van der Waals surface area contributed by atoms with E-state index in [1.54, 1.807) is 41.1 Å². The van der Waals surface area contributed by atoms with Crippen LogP contribution < -0.4 is 5.73 Å². The molecule has 0 aliphatic heterocycles. The van der Waals surface area contributed by atoms with Gasteiger partial charge in [0.15, 0.2) is 0 Å². The number of hydrogen-bond acceptors (Lipinski definition) is 4. The molecule has 1 aromatic heterocycles. The van der Waals surface area contributed by atoms with E-state index in [1.807, 2.05) is 12.1 Å². The average Bonchev–Trinajstić information content (AvgIpc) is 2.98. The lowest BCUT2D eigenvalue weighted by Crippen LogP contribution is -1.93. The molecule has 0 unspecified atom stereocenters. The number of halogens is 2. The first kappa shape index (κ1) is 14.3. The minimum absolute atomic E-state index is 0.701. The molecule has 20 heavy (non-hydrogen) atoms. The lowest BCUT2D eigenvalue weighted by atomic mass is 10.3. The van der Waals surface area contributed by atoms with Crippen molar-refractivity contribution in [2.75, 3.05) is 5.73 Å². The van der Waals surface area contributed by atoms with Crippen molar-refractivity contribution in [2.24, 2.45) is 0 Å². The fraction of sp³-hybridized carbons (Fsp3) is 0. The third kappa shape index (κ3) is 4.22. The smallest absolute Gasteiger partial charge is 0.143 e. The van der Waals surface area contributed by atoms with Gasteiger partial charge in [-0.2, -0.15) is 0 Å². The average molecular weight is 308 g/mol. The Balaban J connectivity index is 0.000000160. The topological polar surface area (TPSA) is 69.6 Å². The van der Waals surface area contributed by atoms with Crippen molar-refractivity contribution in [3.05, 3.63) is 64.9 Å². The molecule has 0 aliphatic carbocycles. The van der Waals surface area contributed by atoms with E-state index >= 15 is 0 Å². The molecule has 0 bridgehead atoms. The molecule has 3 rings (SSSR count). The maximum atomic E-state index is 5.71. The predicted octanol–water partition coefficient (Wildman–Crippen LogP) is 3.24. The van der Waals surface area contributed by atoms with Gasteiger partial charge in [0.1, 0.15) is 6.33 Å².